The molecule has 1 aromatic rings. The van der Waals surface area contributed by atoms with Crippen LogP contribution in [0.5, 0.6) is 11.5 Å². The van der Waals surface area contributed by atoms with Crippen molar-refractivity contribution in [2.75, 3.05) is 6.79 Å². The summed E-state index contributed by atoms with van der Waals surface area (Å²) in [7, 11) is 0. The first-order valence-corrected chi connectivity index (χ1v) is 5.82. The van der Waals surface area contributed by atoms with E-state index in [-0.39, 0.29) is 18.4 Å². The molecule has 2 heterocycles. The van der Waals surface area contributed by atoms with Crippen molar-refractivity contribution in [1.29, 1.82) is 0 Å². The van der Waals surface area contributed by atoms with Gasteiger partial charge >= 0.3 is 5.97 Å². The second-order valence-electron chi connectivity index (χ2n) is 3.95. The van der Waals surface area contributed by atoms with E-state index in [9.17, 15) is 4.79 Å². The average Bonchev–Trinajstić information content (AvgIpc) is 3.02. The summed E-state index contributed by atoms with van der Waals surface area (Å²) < 4.78 is 15.6. The van der Waals surface area contributed by atoms with Crippen LogP contribution in [0.3, 0.4) is 0 Å². The van der Waals surface area contributed by atoms with Gasteiger partial charge in [-0.05, 0) is 31.2 Å². The molecule has 0 radical (unpaired) electrons. The number of benzene rings is 1. The number of fused-ring (bicyclic) bond motifs is 1. The van der Waals surface area contributed by atoms with Crippen molar-refractivity contribution in [3.05, 3.63) is 47.7 Å². The Bertz CT molecular complexity index is 628. The molecule has 0 saturated heterocycles. The Morgan fingerprint density at radius 1 is 1.26 bits per heavy atom. The van der Waals surface area contributed by atoms with E-state index in [1.165, 1.54) is 0 Å². The lowest BCUT2D eigenvalue weighted by atomic mass is 10.2. The number of ether oxygens (including phenoxy) is 3. The summed E-state index contributed by atoms with van der Waals surface area (Å²) in [6.45, 7) is 2.07. The van der Waals surface area contributed by atoms with E-state index in [2.05, 4.69) is 4.99 Å². The van der Waals surface area contributed by atoms with Crippen molar-refractivity contribution in [2.24, 2.45) is 4.99 Å². The normalized spacial score (nSPS) is 19.1. The molecule has 3 rings (SSSR count). The van der Waals surface area contributed by atoms with Crippen LogP contribution in [0.2, 0.25) is 0 Å². The number of hydrogen-bond donors (Lipinski definition) is 0. The zero-order valence-electron chi connectivity index (χ0n) is 10.3. The van der Waals surface area contributed by atoms with Gasteiger partial charge in [-0.2, -0.15) is 0 Å². The third-order valence-corrected chi connectivity index (χ3v) is 2.69. The molecule has 0 aromatic heterocycles. The van der Waals surface area contributed by atoms with Crippen LogP contribution in [-0.2, 0) is 9.53 Å². The maximum atomic E-state index is 11.6. The molecule has 0 saturated carbocycles. The second kappa shape index (κ2) is 4.61. The Kier molecular flexibility index (Phi) is 2.79. The highest BCUT2D eigenvalue weighted by Gasteiger charge is 2.25. The fourth-order valence-corrected chi connectivity index (χ4v) is 1.76. The van der Waals surface area contributed by atoms with Crippen LogP contribution in [0.25, 0.3) is 0 Å². The molecule has 2 aliphatic heterocycles. The number of cyclic esters (lactones) is 1. The number of carbonyl (C=O) groups is 1. The summed E-state index contributed by atoms with van der Waals surface area (Å²) in [5, 5.41) is 0. The zero-order valence-corrected chi connectivity index (χ0v) is 10.3. The third-order valence-electron chi connectivity index (χ3n) is 2.69. The molecule has 0 fully saturated rings. The van der Waals surface area contributed by atoms with Crippen LogP contribution < -0.4 is 9.47 Å². The summed E-state index contributed by atoms with van der Waals surface area (Å²) in [4.78, 5) is 15.8. The topological polar surface area (TPSA) is 57.1 Å². The van der Waals surface area contributed by atoms with E-state index in [0.717, 1.165) is 0 Å². The smallest absolute Gasteiger partial charge is 0.363 e. The van der Waals surface area contributed by atoms with Crippen molar-refractivity contribution in [3.63, 3.8) is 0 Å². The van der Waals surface area contributed by atoms with Crippen molar-refractivity contribution < 1.29 is 19.0 Å². The van der Waals surface area contributed by atoms with Gasteiger partial charge in [0.25, 0.3) is 0 Å². The number of rotatable bonds is 2. The van der Waals surface area contributed by atoms with Crippen LogP contribution in [0.4, 0.5) is 0 Å². The van der Waals surface area contributed by atoms with Gasteiger partial charge in [0.2, 0.25) is 12.7 Å². The Morgan fingerprint density at radius 3 is 2.95 bits per heavy atom. The first kappa shape index (κ1) is 11.5. The van der Waals surface area contributed by atoms with Crippen LogP contribution >= 0.6 is 0 Å². The molecule has 0 atom stereocenters. The van der Waals surface area contributed by atoms with E-state index in [1.807, 2.05) is 13.0 Å². The number of hydrogen-bond acceptors (Lipinski definition) is 5. The van der Waals surface area contributed by atoms with Gasteiger partial charge in [0.05, 0.1) is 0 Å². The minimum Gasteiger partial charge on any atom is -0.454 e. The maximum absolute atomic E-state index is 11.6. The molecule has 0 N–H and O–H groups in total. The van der Waals surface area contributed by atoms with Gasteiger partial charge in [0.1, 0.15) is 0 Å². The van der Waals surface area contributed by atoms with E-state index < -0.39 is 5.97 Å². The Morgan fingerprint density at radius 2 is 2.11 bits per heavy atom. The molecule has 0 unspecified atom stereocenters. The lowest BCUT2D eigenvalue weighted by molar-refractivity contribution is -0.130. The average molecular weight is 257 g/mol. The van der Waals surface area contributed by atoms with Gasteiger partial charge in [-0.25, -0.2) is 9.79 Å². The van der Waals surface area contributed by atoms with Crippen molar-refractivity contribution in [1.82, 2.24) is 0 Å². The predicted molar refractivity (Wildman–Crippen MR) is 68.1 cm³/mol. The lowest BCUT2D eigenvalue weighted by Gasteiger charge is -2.01. The molecule has 1 aromatic carbocycles. The first-order chi connectivity index (χ1) is 9.28. The summed E-state index contributed by atoms with van der Waals surface area (Å²) in [5.74, 6) is 1.13. The largest absolute Gasteiger partial charge is 0.454 e. The molecule has 19 heavy (non-hydrogen) atoms. The van der Waals surface area contributed by atoms with Gasteiger partial charge in [-0.15, -0.1) is 0 Å². The Labute approximate surface area is 109 Å². The highest BCUT2D eigenvalue weighted by atomic mass is 16.7. The molecule has 5 heteroatoms. The van der Waals surface area contributed by atoms with E-state index in [0.29, 0.717) is 17.1 Å². The van der Waals surface area contributed by atoms with Crippen molar-refractivity contribution >= 4 is 11.9 Å². The van der Waals surface area contributed by atoms with Crippen LogP contribution in [0.1, 0.15) is 12.5 Å². The van der Waals surface area contributed by atoms with Crippen molar-refractivity contribution in [2.45, 2.75) is 6.92 Å². The van der Waals surface area contributed by atoms with Crippen LogP contribution in [-0.4, -0.2) is 18.7 Å². The number of allylic oxidation sites excluding steroid dienone is 3. The second-order valence-corrected chi connectivity index (χ2v) is 3.95. The van der Waals surface area contributed by atoms with Crippen LogP contribution in [0.15, 0.2) is 47.1 Å². The quantitative estimate of drug-likeness (QED) is 0.602. The number of aliphatic imine (C=N–C) groups is 1. The molecule has 0 aliphatic carbocycles. The van der Waals surface area contributed by atoms with E-state index >= 15 is 0 Å². The van der Waals surface area contributed by atoms with Crippen molar-refractivity contribution in [3.8, 4) is 11.5 Å². The van der Waals surface area contributed by atoms with Gasteiger partial charge in [0.15, 0.2) is 17.2 Å². The van der Waals surface area contributed by atoms with E-state index in [1.54, 1.807) is 30.4 Å². The summed E-state index contributed by atoms with van der Waals surface area (Å²) in [6, 6.07) is 5.28. The molecule has 0 spiro atoms. The standard InChI is InChI=1S/C14H11NO4/c1-2-3-4-10-14(16)19-13(15-10)9-5-6-11-12(7-9)18-8-17-11/h2-7H,8H2,1H3/b3-2+,10-4+. The number of esters is 1. The summed E-state index contributed by atoms with van der Waals surface area (Å²) >= 11 is 0. The molecule has 2 aliphatic rings. The fourth-order valence-electron chi connectivity index (χ4n) is 1.76. The maximum Gasteiger partial charge on any atom is 0.363 e. The monoisotopic (exact) mass is 257 g/mol. The highest BCUT2D eigenvalue weighted by Crippen LogP contribution is 2.33. The van der Waals surface area contributed by atoms with E-state index in [4.69, 9.17) is 14.2 Å². The Hall–Kier alpha value is -2.56. The predicted octanol–water partition coefficient (Wildman–Crippen LogP) is 2.18. The molecule has 96 valence electrons. The minimum atomic E-state index is -0.453. The molecular formula is C14H11NO4. The van der Waals surface area contributed by atoms with Gasteiger partial charge in [0, 0.05) is 5.56 Å². The first-order valence-electron chi connectivity index (χ1n) is 5.82. The summed E-state index contributed by atoms with van der Waals surface area (Å²) in [6.07, 6.45) is 5.17. The zero-order chi connectivity index (χ0) is 13.2. The molecule has 0 amide bonds. The number of nitrogens with zero attached hydrogens (tertiary/aromatic N) is 1. The van der Waals surface area contributed by atoms with Gasteiger partial charge in [-0.1, -0.05) is 12.2 Å². The van der Waals surface area contributed by atoms with Crippen LogP contribution in [0, 0.1) is 0 Å². The highest BCUT2D eigenvalue weighted by molar-refractivity contribution is 6.11. The molecular weight excluding hydrogens is 246 g/mol. The van der Waals surface area contributed by atoms with Gasteiger partial charge < -0.3 is 14.2 Å². The third kappa shape index (κ3) is 2.10. The SMILES string of the molecule is C/C=C/C=C1/N=C(c2ccc3c(c2)OCO3)OC1=O. The summed E-state index contributed by atoms with van der Waals surface area (Å²) in [5.41, 5.74) is 0.965. The molecule has 0 bridgehead atoms. The Balaban J connectivity index is 1.93. The lowest BCUT2D eigenvalue weighted by Crippen LogP contribution is -2.05. The van der Waals surface area contributed by atoms with Gasteiger partial charge in [-0.3, -0.25) is 0 Å². The molecule has 5 nitrogen and oxygen atoms in total. The fraction of sp³-hybridized carbons (Fsp3) is 0.143. The minimum absolute atomic E-state index is 0.206. The number of carbonyl (C=O) groups excluding carboxylic acids is 1.